The molecule has 13 heavy (non-hydrogen) atoms. The molecule has 0 saturated heterocycles. The van der Waals surface area contributed by atoms with E-state index in [-0.39, 0.29) is 0 Å². The molecule has 1 aromatic heterocycles. The molecule has 1 aromatic rings. The molecule has 0 atom stereocenters. The Hall–Kier alpha value is -0.570. The minimum atomic E-state index is 0.329. The number of rotatable bonds is 3. The highest BCUT2D eigenvalue weighted by atomic mass is 35.5. The summed E-state index contributed by atoms with van der Waals surface area (Å²) in [6.45, 7) is 7.53. The fourth-order valence-electron chi connectivity index (χ4n) is 1.02. The smallest absolute Gasteiger partial charge is 0.141 e. The minimum Gasteiger partial charge on any atom is -0.249 e. The maximum atomic E-state index is 5.70. The minimum absolute atomic E-state index is 0.329. The fraction of sp³-hybridized carbons (Fsp3) is 0.778. The van der Waals surface area contributed by atoms with Crippen molar-refractivity contribution in [3.05, 3.63) is 12.2 Å². The third-order valence-corrected chi connectivity index (χ3v) is 2.13. The van der Waals surface area contributed by atoms with E-state index in [0.29, 0.717) is 11.3 Å². The topological polar surface area (TPSA) is 30.7 Å². The van der Waals surface area contributed by atoms with E-state index in [1.807, 2.05) is 4.68 Å². The lowest BCUT2D eigenvalue weighted by Crippen LogP contribution is -2.12. The van der Waals surface area contributed by atoms with E-state index in [1.165, 1.54) is 0 Å². The van der Waals surface area contributed by atoms with Crippen molar-refractivity contribution in [2.45, 2.75) is 39.6 Å². The zero-order chi connectivity index (χ0) is 9.90. The summed E-state index contributed by atoms with van der Waals surface area (Å²) in [6, 6.07) is 0. The summed E-state index contributed by atoms with van der Waals surface area (Å²) in [5, 5.41) is 4.11. The van der Waals surface area contributed by atoms with Gasteiger partial charge in [0.1, 0.15) is 12.2 Å². The molecular formula is C9H16ClN3. The molecule has 3 nitrogen and oxygen atoms in total. The highest BCUT2D eigenvalue weighted by molar-refractivity contribution is 6.16. The second-order valence-electron chi connectivity index (χ2n) is 4.34. The van der Waals surface area contributed by atoms with Gasteiger partial charge in [0, 0.05) is 6.54 Å². The highest BCUT2D eigenvalue weighted by Gasteiger charge is 2.11. The molecule has 0 aliphatic rings. The molecule has 0 aliphatic carbocycles. The van der Waals surface area contributed by atoms with Gasteiger partial charge in [0.25, 0.3) is 0 Å². The lowest BCUT2D eigenvalue weighted by molar-refractivity contribution is 0.338. The van der Waals surface area contributed by atoms with Crippen LogP contribution in [0.25, 0.3) is 0 Å². The lowest BCUT2D eigenvalue weighted by Gasteiger charge is -2.17. The van der Waals surface area contributed by atoms with Gasteiger partial charge >= 0.3 is 0 Å². The Balaban J connectivity index is 2.54. The van der Waals surface area contributed by atoms with Crippen LogP contribution < -0.4 is 0 Å². The number of aromatic nitrogens is 3. The predicted molar refractivity (Wildman–Crippen MR) is 53.7 cm³/mol. The van der Waals surface area contributed by atoms with Gasteiger partial charge in [0.15, 0.2) is 0 Å². The Bertz CT molecular complexity index is 262. The van der Waals surface area contributed by atoms with E-state index in [1.54, 1.807) is 6.33 Å². The molecule has 0 fully saturated rings. The molecule has 0 aliphatic heterocycles. The van der Waals surface area contributed by atoms with Crippen molar-refractivity contribution < 1.29 is 0 Å². The Morgan fingerprint density at radius 2 is 2.15 bits per heavy atom. The maximum Gasteiger partial charge on any atom is 0.141 e. The predicted octanol–water partition coefficient (Wildman–Crippen LogP) is 2.45. The third kappa shape index (κ3) is 3.35. The first kappa shape index (κ1) is 10.5. The molecule has 0 bridgehead atoms. The second kappa shape index (κ2) is 4.09. The molecule has 0 radical (unpaired) electrons. The number of hydrogen-bond acceptors (Lipinski definition) is 2. The van der Waals surface area contributed by atoms with Crippen LogP contribution in [0.3, 0.4) is 0 Å². The van der Waals surface area contributed by atoms with Crippen LogP contribution in [-0.2, 0) is 12.4 Å². The summed E-state index contributed by atoms with van der Waals surface area (Å²) in [4.78, 5) is 4.06. The molecule has 0 aromatic carbocycles. The average Bonchev–Trinajstić information content (AvgIpc) is 2.46. The Labute approximate surface area is 84.1 Å². The molecule has 4 heteroatoms. The molecule has 0 N–H and O–H groups in total. The first-order valence-corrected chi connectivity index (χ1v) is 4.99. The van der Waals surface area contributed by atoms with Crippen LogP contribution in [0.1, 0.15) is 33.0 Å². The Morgan fingerprint density at radius 3 is 2.69 bits per heavy atom. The Kier molecular flexibility index (Phi) is 3.31. The summed E-state index contributed by atoms with van der Waals surface area (Å²) >= 11 is 5.70. The van der Waals surface area contributed by atoms with E-state index >= 15 is 0 Å². The molecular weight excluding hydrogens is 186 g/mol. The molecule has 0 saturated carbocycles. The van der Waals surface area contributed by atoms with Gasteiger partial charge in [-0.3, -0.25) is 0 Å². The second-order valence-corrected chi connectivity index (χ2v) is 4.61. The van der Waals surface area contributed by atoms with Gasteiger partial charge < -0.3 is 0 Å². The fourth-order valence-corrected chi connectivity index (χ4v) is 1.23. The molecule has 0 spiro atoms. The first-order valence-electron chi connectivity index (χ1n) is 4.45. The number of alkyl halides is 1. The highest BCUT2D eigenvalue weighted by Crippen LogP contribution is 2.19. The number of hydrogen-bond donors (Lipinski definition) is 0. The van der Waals surface area contributed by atoms with Crippen LogP contribution in [-0.4, -0.2) is 14.8 Å². The van der Waals surface area contributed by atoms with Crippen molar-refractivity contribution >= 4 is 11.6 Å². The summed E-state index contributed by atoms with van der Waals surface area (Å²) in [7, 11) is 0. The SMILES string of the molecule is CC(C)(C)CCn1ncnc1CCl. The monoisotopic (exact) mass is 201 g/mol. The van der Waals surface area contributed by atoms with Crippen molar-refractivity contribution in [2.24, 2.45) is 5.41 Å². The van der Waals surface area contributed by atoms with Crippen LogP contribution in [0.5, 0.6) is 0 Å². The molecule has 1 heterocycles. The van der Waals surface area contributed by atoms with Gasteiger partial charge in [0.05, 0.1) is 5.88 Å². The van der Waals surface area contributed by atoms with Crippen molar-refractivity contribution in [3.63, 3.8) is 0 Å². The summed E-state index contributed by atoms with van der Waals surface area (Å²) in [5.41, 5.74) is 0.329. The van der Waals surface area contributed by atoms with Gasteiger partial charge in [-0.15, -0.1) is 11.6 Å². The van der Waals surface area contributed by atoms with Crippen LogP contribution in [0.15, 0.2) is 6.33 Å². The summed E-state index contributed by atoms with van der Waals surface area (Å²) in [6.07, 6.45) is 2.64. The van der Waals surface area contributed by atoms with E-state index in [0.717, 1.165) is 18.8 Å². The van der Waals surface area contributed by atoms with E-state index in [2.05, 4.69) is 30.9 Å². The van der Waals surface area contributed by atoms with Crippen LogP contribution in [0.2, 0.25) is 0 Å². The van der Waals surface area contributed by atoms with E-state index < -0.39 is 0 Å². The van der Waals surface area contributed by atoms with Gasteiger partial charge in [-0.25, -0.2) is 9.67 Å². The first-order chi connectivity index (χ1) is 6.03. The molecule has 0 unspecified atom stereocenters. The van der Waals surface area contributed by atoms with Gasteiger partial charge in [0.2, 0.25) is 0 Å². The summed E-state index contributed by atoms with van der Waals surface area (Å²) < 4.78 is 1.87. The van der Waals surface area contributed by atoms with Crippen molar-refractivity contribution in [3.8, 4) is 0 Å². The lowest BCUT2D eigenvalue weighted by atomic mass is 9.92. The van der Waals surface area contributed by atoms with Crippen LogP contribution in [0.4, 0.5) is 0 Å². The zero-order valence-corrected chi connectivity index (χ0v) is 9.17. The third-order valence-electron chi connectivity index (χ3n) is 1.89. The van der Waals surface area contributed by atoms with Crippen molar-refractivity contribution in [1.82, 2.24) is 14.8 Å². The Morgan fingerprint density at radius 1 is 1.46 bits per heavy atom. The average molecular weight is 202 g/mol. The summed E-state index contributed by atoms with van der Waals surface area (Å²) in [5.74, 6) is 1.29. The molecule has 0 amide bonds. The molecule has 74 valence electrons. The van der Waals surface area contributed by atoms with E-state index in [9.17, 15) is 0 Å². The number of nitrogens with zero attached hydrogens (tertiary/aromatic N) is 3. The molecule has 1 rings (SSSR count). The van der Waals surface area contributed by atoms with Crippen LogP contribution >= 0.6 is 11.6 Å². The standard InChI is InChI=1S/C9H16ClN3/c1-9(2,3)4-5-13-8(6-10)11-7-12-13/h7H,4-6H2,1-3H3. The van der Waals surface area contributed by atoms with Gasteiger partial charge in [-0.1, -0.05) is 20.8 Å². The normalized spacial score (nSPS) is 12.0. The number of aryl methyl sites for hydroxylation is 1. The number of halogens is 1. The van der Waals surface area contributed by atoms with Crippen molar-refractivity contribution in [2.75, 3.05) is 0 Å². The van der Waals surface area contributed by atoms with E-state index in [4.69, 9.17) is 11.6 Å². The van der Waals surface area contributed by atoms with Gasteiger partial charge in [-0.05, 0) is 11.8 Å². The largest absolute Gasteiger partial charge is 0.249 e. The quantitative estimate of drug-likeness (QED) is 0.704. The van der Waals surface area contributed by atoms with Crippen molar-refractivity contribution in [1.29, 1.82) is 0 Å². The zero-order valence-electron chi connectivity index (χ0n) is 8.42. The van der Waals surface area contributed by atoms with Gasteiger partial charge in [-0.2, -0.15) is 5.10 Å². The maximum absolute atomic E-state index is 5.70. The van der Waals surface area contributed by atoms with Crippen LogP contribution in [0, 0.1) is 5.41 Å².